The zero-order chi connectivity index (χ0) is 21.0. The molecule has 0 bridgehead atoms. The van der Waals surface area contributed by atoms with Crippen LogP contribution in [0.15, 0.2) is 48.5 Å². The lowest BCUT2D eigenvalue weighted by molar-refractivity contribution is -0.122. The first-order chi connectivity index (χ1) is 13.8. The SMILES string of the molecule is N[C@@H](Cc1ccc(N2CC[C@H](O)CC2=O)cc1)C(=O)Nc1ccc(C(=O)O)cc1. The number of hydrogen-bond donors (Lipinski definition) is 4. The first kappa shape index (κ1) is 20.5. The van der Waals surface area contributed by atoms with Gasteiger partial charge < -0.3 is 26.2 Å². The van der Waals surface area contributed by atoms with E-state index >= 15 is 0 Å². The Hall–Kier alpha value is -3.23. The highest BCUT2D eigenvalue weighted by Gasteiger charge is 2.25. The van der Waals surface area contributed by atoms with Crippen molar-refractivity contribution in [3.8, 4) is 0 Å². The summed E-state index contributed by atoms with van der Waals surface area (Å²) in [6.07, 6.45) is 0.410. The van der Waals surface area contributed by atoms with Gasteiger partial charge in [-0.25, -0.2) is 4.79 Å². The Kier molecular flexibility index (Phi) is 6.26. The lowest BCUT2D eigenvalue weighted by Gasteiger charge is -2.29. The van der Waals surface area contributed by atoms with Gasteiger partial charge in [-0.2, -0.15) is 0 Å². The third-order valence-corrected chi connectivity index (χ3v) is 4.84. The maximum Gasteiger partial charge on any atom is 0.335 e. The number of anilines is 2. The molecule has 1 aliphatic rings. The molecule has 29 heavy (non-hydrogen) atoms. The molecule has 0 spiro atoms. The third-order valence-electron chi connectivity index (χ3n) is 4.84. The van der Waals surface area contributed by atoms with E-state index < -0.39 is 18.1 Å². The van der Waals surface area contributed by atoms with Gasteiger partial charge in [-0.3, -0.25) is 9.59 Å². The summed E-state index contributed by atoms with van der Waals surface area (Å²) in [5, 5.41) is 21.1. The molecule has 1 heterocycles. The standard InChI is InChI=1S/C21H23N3O5/c22-18(20(27)23-15-5-3-14(4-6-15)21(28)29)11-13-1-7-16(8-2-13)24-10-9-17(25)12-19(24)26/h1-8,17-18,25H,9-12,22H2,(H,23,27)(H,28,29)/t17-,18-/m0/s1. The summed E-state index contributed by atoms with van der Waals surface area (Å²) in [6.45, 7) is 0.474. The van der Waals surface area contributed by atoms with Crippen LogP contribution in [0.25, 0.3) is 0 Å². The van der Waals surface area contributed by atoms with E-state index in [0.717, 1.165) is 11.3 Å². The highest BCUT2D eigenvalue weighted by Crippen LogP contribution is 2.22. The number of nitrogens with one attached hydrogen (secondary N) is 1. The van der Waals surface area contributed by atoms with Crippen LogP contribution in [0.5, 0.6) is 0 Å². The van der Waals surface area contributed by atoms with E-state index in [2.05, 4.69) is 5.32 Å². The molecule has 0 aliphatic carbocycles. The summed E-state index contributed by atoms with van der Waals surface area (Å²) in [5.41, 5.74) is 8.20. The first-order valence-corrected chi connectivity index (χ1v) is 9.30. The van der Waals surface area contributed by atoms with E-state index in [1.165, 1.54) is 24.3 Å². The second kappa shape index (κ2) is 8.85. The summed E-state index contributed by atoms with van der Waals surface area (Å²) >= 11 is 0. The number of aliphatic hydroxyl groups is 1. The summed E-state index contributed by atoms with van der Waals surface area (Å²) < 4.78 is 0. The molecule has 2 amide bonds. The normalized spacial score (nSPS) is 17.7. The van der Waals surface area contributed by atoms with Crippen LogP contribution in [-0.4, -0.2) is 46.7 Å². The van der Waals surface area contributed by atoms with Gasteiger partial charge in [0.15, 0.2) is 0 Å². The van der Waals surface area contributed by atoms with Gasteiger partial charge in [0.05, 0.1) is 24.1 Å². The number of benzene rings is 2. The van der Waals surface area contributed by atoms with Crippen LogP contribution in [0.3, 0.4) is 0 Å². The Morgan fingerprint density at radius 1 is 1.14 bits per heavy atom. The van der Waals surface area contributed by atoms with E-state index in [4.69, 9.17) is 10.8 Å². The van der Waals surface area contributed by atoms with Gasteiger partial charge in [0.25, 0.3) is 0 Å². The summed E-state index contributed by atoms with van der Waals surface area (Å²) in [5.74, 6) is -1.52. The van der Waals surface area contributed by atoms with Crippen LogP contribution in [0.2, 0.25) is 0 Å². The molecular weight excluding hydrogens is 374 g/mol. The zero-order valence-corrected chi connectivity index (χ0v) is 15.7. The van der Waals surface area contributed by atoms with E-state index in [1.807, 2.05) is 12.1 Å². The fraction of sp³-hybridized carbons (Fsp3) is 0.286. The van der Waals surface area contributed by atoms with Crippen molar-refractivity contribution in [1.82, 2.24) is 0 Å². The number of amides is 2. The van der Waals surface area contributed by atoms with Crippen molar-refractivity contribution < 1.29 is 24.6 Å². The minimum Gasteiger partial charge on any atom is -0.478 e. The van der Waals surface area contributed by atoms with Crippen molar-refractivity contribution in [3.05, 3.63) is 59.7 Å². The molecule has 0 saturated carbocycles. The van der Waals surface area contributed by atoms with E-state index in [1.54, 1.807) is 17.0 Å². The number of aliphatic hydroxyl groups excluding tert-OH is 1. The van der Waals surface area contributed by atoms with Crippen molar-refractivity contribution in [2.45, 2.75) is 31.4 Å². The summed E-state index contributed by atoms with van der Waals surface area (Å²) in [7, 11) is 0. The van der Waals surface area contributed by atoms with Crippen LogP contribution in [0.1, 0.15) is 28.8 Å². The molecule has 1 aliphatic heterocycles. The quantitative estimate of drug-likeness (QED) is 0.582. The Morgan fingerprint density at radius 2 is 1.79 bits per heavy atom. The maximum absolute atomic E-state index is 12.3. The number of carboxylic acid groups (broad SMARTS) is 1. The molecule has 1 fully saturated rings. The van der Waals surface area contributed by atoms with Gasteiger partial charge in [0.2, 0.25) is 11.8 Å². The molecule has 2 aromatic carbocycles. The van der Waals surface area contributed by atoms with Gasteiger partial charge in [-0.05, 0) is 54.8 Å². The highest BCUT2D eigenvalue weighted by molar-refractivity contribution is 5.96. The molecule has 8 heteroatoms. The molecule has 0 aromatic heterocycles. The number of aromatic carboxylic acids is 1. The number of piperidine rings is 1. The molecule has 2 atom stereocenters. The topological polar surface area (TPSA) is 133 Å². The predicted molar refractivity (Wildman–Crippen MR) is 108 cm³/mol. The third kappa shape index (κ3) is 5.18. The largest absolute Gasteiger partial charge is 0.478 e. The molecule has 152 valence electrons. The number of carboxylic acids is 1. The Bertz CT molecular complexity index is 896. The Labute approximate surface area is 167 Å². The number of hydrogen-bond acceptors (Lipinski definition) is 5. The van der Waals surface area contributed by atoms with Crippen LogP contribution >= 0.6 is 0 Å². The van der Waals surface area contributed by atoms with Crippen molar-refractivity contribution in [3.63, 3.8) is 0 Å². The van der Waals surface area contributed by atoms with Crippen molar-refractivity contribution in [2.24, 2.45) is 5.73 Å². The Balaban J connectivity index is 1.57. The number of rotatable bonds is 6. The van der Waals surface area contributed by atoms with Gasteiger partial charge in [-0.1, -0.05) is 12.1 Å². The monoisotopic (exact) mass is 397 g/mol. The number of nitrogens with zero attached hydrogens (tertiary/aromatic N) is 1. The molecule has 8 nitrogen and oxygen atoms in total. The smallest absolute Gasteiger partial charge is 0.335 e. The number of nitrogens with two attached hydrogens (primary N) is 1. The average molecular weight is 397 g/mol. The summed E-state index contributed by atoms with van der Waals surface area (Å²) in [6, 6.07) is 12.3. The van der Waals surface area contributed by atoms with E-state index in [0.29, 0.717) is 25.1 Å². The lowest BCUT2D eigenvalue weighted by Crippen LogP contribution is -2.40. The minimum absolute atomic E-state index is 0.110. The van der Waals surface area contributed by atoms with Crippen LogP contribution in [-0.2, 0) is 16.0 Å². The van der Waals surface area contributed by atoms with Gasteiger partial charge in [-0.15, -0.1) is 0 Å². The molecule has 0 unspecified atom stereocenters. The minimum atomic E-state index is -1.04. The van der Waals surface area contributed by atoms with Crippen molar-refractivity contribution in [1.29, 1.82) is 0 Å². The Morgan fingerprint density at radius 3 is 2.38 bits per heavy atom. The fourth-order valence-electron chi connectivity index (χ4n) is 3.18. The van der Waals surface area contributed by atoms with Gasteiger partial charge >= 0.3 is 5.97 Å². The maximum atomic E-state index is 12.3. The number of carbonyl (C=O) groups excluding carboxylic acids is 2. The van der Waals surface area contributed by atoms with E-state index in [-0.39, 0.29) is 23.8 Å². The second-order valence-corrected chi connectivity index (χ2v) is 7.04. The zero-order valence-electron chi connectivity index (χ0n) is 15.7. The fourth-order valence-corrected chi connectivity index (χ4v) is 3.18. The first-order valence-electron chi connectivity index (χ1n) is 9.30. The predicted octanol–water partition coefficient (Wildman–Crippen LogP) is 1.38. The summed E-state index contributed by atoms with van der Waals surface area (Å²) in [4.78, 5) is 36.8. The average Bonchev–Trinajstić information content (AvgIpc) is 2.69. The van der Waals surface area contributed by atoms with Gasteiger partial charge in [0, 0.05) is 17.9 Å². The van der Waals surface area contributed by atoms with Crippen LogP contribution in [0, 0.1) is 0 Å². The molecular formula is C21H23N3O5. The molecule has 1 saturated heterocycles. The van der Waals surface area contributed by atoms with Crippen LogP contribution < -0.4 is 16.0 Å². The number of carbonyl (C=O) groups is 3. The highest BCUT2D eigenvalue weighted by atomic mass is 16.4. The van der Waals surface area contributed by atoms with E-state index in [9.17, 15) is 19.5 Å². The molecule has 5 N–H and O–H groups in total. The molecule has 2 aromatic rings. The second-order valence-electron chi connectivity index (χ2n) is 7.04. The molecule has 3 rings (SSSR count). The molecule has 0 radical (unpaired) electrons. The van der Waals surface area contributed by atoms with Crippen LogP contribution in [0.4, 0.5) is 11.4 Å². The van der Waals surface area contributed by atoms with Crippen molar-refractivity contribution >= 4 is 29.2 Å². The van der Waals surface area contributed by atoms with Crippen molar-refractivity contribution in [2.75, 3.05) is 16.8 Å². The lowest BCUT2D eigenvalue weighted by atomic mass is 10.0. The van der Waals surface area contributed by atoms with Gasteiger partial charge in [0.1, 0.15) is 0 Å².